The Hall–Kier alpha value is -2.20. The first-order chi connectivity index (χ1) is 11.2. The summed E-state index contributed by atoms with van der Waals surface area (Å²) in [4.78, 5) is 4.62. The molecule has 1 fully saturated rings. The summed E-state index contributed by atoms with van der Waals surface area (Å²) in [6.07, 6.45) is 4.16. The van der Waals surface area contributed by atoms with Crippen LogP contribution in [0.25, 0.3) is 10.8 Å². The van der Waals surface area contributed by atoms with Crippen molar-refractivity contribution < 1.29 is 4.52 Å². The maximum atomic E-state index is 6.42. The van der Waals surface area contributed by atoms with Crippen LogP contribution in [-0.4, -0.2) is 10.1 Å². The Balaban J connectivity index is 1.65. The molecule has 1 aliphatic rings. The van der Waals surface area contributed by atoms with Gasteiger partial charge in [0.15, 0.2) is 5.82 Å². The van der Waals surface area contributed by atoms with Crippen LogP contribution in [0.2, 0.25) is 0 Å². The lowest BCUT2D eigenvalue weighted by Crippen LogP contribution is -2.34. The van der Waals surface area contributed by atoms with Crippen LogP contribution in [0.1, 0.15) is 55.8 Å². The zero-order chi connectivity index (χ0) is 15.9. The number of aromatic nitrogens is 2. The molecule has 4 heteroatoms. The predicted molar refractivity (Wildman–Crippen MR) is 90.1 cm³/mol. The number of rotatable bonds is 3. The van der Waals surface area contributed by atoms with Crippen LogP contribution in [0.3, 0.4) is 0 Å². The van der Waals surface area contributed by atoms with Crippen LogP contribution < -0.4 is 5.73 Å². The number of nitrogens with two attached hydrogens (primary N) is 1. The lowest BCUT2D eigenvalue weighted by molar-refractivity contribution is 0.344. The van der Waals surface area contributed by atoms with E-state index in [0.717, 1.165) is 25.7 Å². The maximum absolute atomic E-state index is 6.42. The molecule has 0 aliphatic heterocycles. The van der Waals surface area contributed by atoms with Crippen molar-refractivity contribution in [2.24, 2.45) is 5.73 Å². The van der Waals surface area contributed by atoms with Crippen LogP contribution in [0.5, 0.6) is 0 Å². The van der Waals surface area contributed by atoms with E-state index in [-0.39, 0.29) is 5.92 Å². The van der Waals surface area contributed by atoms with E-state index in [1.807, 2.05) is 0 Å². The molecule has 2 N–H and O–H groups in total. The van der Waals surface area contributed by atoms with Crippen molar-refractivity contribution in [2.45, 2.75) is 44.1 Å². The third-order valence-electron chi connectivity index (χ3n) is 5.03. The lowest BCUT2D eigenvalue weighted by Gasteiger charge is -2.17. The molecular weight excluding hydrogens is 286 g/mol. The Morgan fingerprint density at radius 3 is 2.61 bits per heavy atom. The van der Waals surface area contributed by atoms with Gasteiger partial charge in [-0.05, 0) is 36.1 Å². The number of fused-ring (bicyclic) bond motifs is 1. The molecule has 4 rings (SSSR count). The van der Waals surface area contributed by atoms with Crippen LogP contribution in [0, 0.1) is 0 Å². The monoisotopic (exact) mass is 307 g/mol. The van der Waals surface area contributed by atoms with Gasteiger partial charge in [0.1, 0.15) is 0 Å². The number of hydrogen-bond acceptors (Lipinski definition) is 4. The van der Waals surface area contributed by atoms with Gasteiger partial charge in [-0.3, -0.25) is 0 Å². The molecular formula is C19H21N3O. The summed E-state index contributed by atoms with van der Waals surface area (Å²) in [6.45, 7) is 2.10. The van der Waals surface area contributed by atoms with Crippen molar-refractivity contribution in [1.82, 2.24) is 10.1 Å². The first-order valence-corrected chi connectivity index (χ1v) is 8.27. The molecule has 1 heterocycles. The summed E-state index contributed by atoms with van der Waals surface area (Å²) in [5.41, 5.74) is 7.20. The number of benzene rings is 2. The fourth-order valence-corrected chi connectivity index (χ4v) is 3.46. The number of nitrogens with zero attached hydrogens (tertiary/aromatic N) is 2. The molecule has 1 aliphatic carbocycles. The largest absolute Gasteiger partial charge is 0.339 e. The SMILES string of the molecule is CC(c1ccc2ccccc2c1)c1nc(C2(N)CCCC2)no1. The summed E-state index contributed by atoms with van der Waals surface area (Å²) < 4.78 is 5.53. The highest BCUT2D eigenvalue weighted by molar-refractivity contribution is 5.83. The van der Waals surface area contributed by atoms with E-state index in [9.17, 15) is 0 Å². The molecule has 1 atom stereocenters. The van der Waals surface area contributed by atoms with Crippen molar-refractivity contribution in [3.63, 3.8) is 0 Å². The number of hydrogen-bond donors (Lipinski definition) is 1. The topological polar surface area (TPSA) is 64.9 Å². The fraction of sp³-hybridized carbons (Fsp3) is 0.368. The highest BCUT2D eigenvalue weighted by Crippen LogP contribution is 2.35. The fourth-order valence-electron chi connectivity index (χ4n) is 3.46. The molecule has 3 aromatic rings. The Morgan fingerprint density at radius 1 is 1.09 bits per heavy atom. The van der Waals surface area contributed by atoms with Gasteiger partial charge in [0.05, 0.1) is 11.5 Å². The third kappa shape index (κ3) is 2.53. The van der Waals surface area contributed by atoms with Crippen molar-refractivity contribution in [3.05, 3.63) is 59.7 Å². The Morgan fingerprint density at radius 2 is 1.83 bits per heavy atom. The van der Waals surface area contributed by atoms with E-state index in [2.05, 4.69) is 59.5 Å². The summed E-state index contributed by atoms with van der Waals surface area (Å²) in [5, 5.41) is 6.63. The van der Waals surface area contributed by atoms with E-state index in [1.54, 1.807) is 0 Å². The van der Waals surface area contributed by atoms with Crippen LogP contribution in [-0.2, 0) is 5.54 Å². The van der Waals surface area contributed by atoms with E-state index in [0.29, 0.717) is 11.7 Å². The third-order valence-corrected chi connectivity index (χ3v) is 5.03. The molecule has 1 saturated carbocycles. The second-order valence-corrected chi connectivity index (χ2v) is 6.65. The van der Waals surface area contributed by atoms with Gasteiger partial charge in [-0.15, -0.1) is 0 Å². The zero-order valence-electron chi connectivity index (χ0n) is 13.3. The molecule has 2 aromatic carbocycles. The van der Waals surface area contributed by atoms with Gasteiger partial charge in [-0.2, -0.15) is 4.98 Å². The Bertz CT molecular complexity index is 833. The highest BCUT2D eigenvalue weighted by Gasteiger charge is 2.36. The quantitative estimate of drug-likeness (QED) is 0.791. The van der Waals surface area contributed by atoms with Gasteiger partial charge in [-0.1, -0.05) is 60.5 Å². The molecule has 1 aromatic heterocycles. The molecule has 4 nitrogen and oxygen atoms in total. The molecule has 0 saturated heterocycles. The summed E-state index contributed by atoms with van der Waals surface area (Å²) in [7, 11) is 0. The van der Waals surface area contributed by atoms with Gasteiger partial charge >= 0.3 is 0 Å². The van der Waals surface area contributed by atoms with E-state index < -0.39 is 5.54 Å². The minimum absolute atomic E-state index is 0.0610. The zero-order valence-corrected chi connectivity index (χ0v) is 13.3. The summed E-state index contributed by atoms with van der Waals surface area (Å²) in [6, 6.07) is 14.8. The van der Waals surface area contributed by atoms with E-state index in [1.165, 1.54) is 16.3 Å². The maximum Gasteiger partial charge on any atom is 0.233 e. The standard InChI is InChI=1S/C19H21N3O/c1-13(15-9-8-14-6-2-3-7-16(14)12-15)17-21-18(22-23-17)19(20)10-4-5-11-19/h2-3,6-9,12-13H,4-5,10-11,20H2,1H3. The summed E-state index contributed by atoms with van der Waals surface area (Å²) in [5.74, 6) is 1.37. The van der Waals surface area contributed by atoms with Gasteiger partial charge < -0.3 is 10.3 Å². The van der Waals surface area contributed by atoms with Gasteiger partial charge in [-0.25, -0.2) is 0 Å². The van der Waals surface area contributed by atoms with Crippen molar-refractivity contribution in [2.75, 3.05) is 0 Å². The first-order valence-electron chi connectivity index (χ1n) is 8.27. The molecule has 0 amide bonds. The molecule has 0 radical (unpaired) electrons. The summed E-state index contributed by atoms with van der Waals surface area (Å²) >= 11 is 0. The van der Waals surface area contributed by atoms with Crippen molar-refractivity contribution in [3.8, 4) is 0 Å². The second kappa shape index (κ2) is 5.46. The average Bonchev–Trinajstić information content (AvgIpc) is 3.24. The first kappa shape index (κ1) is 14.4. The second-order valence-electron chi connectivity index (χ2n) is 6.65. The molecule has 118 valence electrons. The van der Waals surface area contributed by atoms with Gasteiger partial charge in [0.2, 0.25) is 5.89 Å². The van der Waals surface area contributed by atoms with Gasteiger partial charge in [0, 0.05) is 0 Å². The molecule has 23 heavy (non-hydrogen) atoms. The minimum atomic E-state index is -0.398. The average molecular weight is 307 g/mol. The highest BCUT2D eigenvalue weighted by atomic mass is 16.5. The van der Waals surface area contributed by atoms with Crippen molar-refractivity contribution >= 4 is 10.8 Å². The van der Waals surface area contributed by atoms with E-state index in [4.69, 9.17) is 10.3 Å². The molecule has 0 bridgehead atoms. The Labute approximate surface area is 135 Å². The van der Waals surface area contributed by atoms with Gasteiger partial charge in [0.25, 0.3) is 0 Å². The van der Waals surface area contributed by atoms with Crippen LogP contribution in [0.15, 0.2) is 47.0 Å². The minimum Gasteiger partial charge on any atom is -0.339 e. The normalized spacial score (nSPS) is 18.3. The Kier molecular flexibility index (Phi) is 3.42. The smallest absolute Gasteiger partial charge is 0.233 e. The van der Waals surface area contributed by atoms with E-state index >= 15 is 0 Å². The van der Waals surface area contributed by atoms with Crippen LogP contribution in [0.4, 0.5) is 0 Å². The molecule has 0 spiro atoms. The van der Waals surface area contributed by atoms with Crippen LogP contribution >= 0.6 is 0 Å². The predicted octanol–water partition coefficient (Wildman–Crippen LogP) is 4.10. The molecule has 1 unspecified atom stereocenters. The van der Waals surface area contributed by atoms with Crippen molar-refractivity contribution in [1.29, 1.82) is 0 Å². The lowest BCUT2D eigenvalue weighted by atomic mass is 9.97.